The van der Waals surface area contributed by atoms with Gasteiger partial charge in [0.15, 0.2) is 0 Å². The minimum absolute atomic E-state index is 0.0897. The zero-order valence-electron chi connectivity index (χ0n) is 9.75. The maximum atomic E-state index is 10.0. The fraction of sp³-hybridized carbons (Fsp3) is 0.857. The van der Waals surface area contributed by atoms with Gasteiger partial charge < -0.3 is 5.11 Å². The lowest BCUT2D eigenvalue weighted by Crippen LogP contribution is -2.29. The van der Waals surface area contributed by atoms with Crippen LogP contribution in [0.15, 0.2) is 12.2 Å². The van der Waals surface area contributed by atoms with Crippen molar-refractivity contribution in [3.8, 4) is 0 Å². The third-order valence-electron chi connectivity index (χ3n) is 4.34. The van der Waals surface area contributed by atoms with E-state index >= 15 is 0 Å². The molecule has 1 N–H and O–H groups in total. The van der Waals surface area contributed by atoms with Gasteiger partial charge in [-0.1, -0.05) is 44.3 Å². The largest absolute Gasteiger partial charge is 0.393 e. The Kier molecular flexibility index (Phi) is 3.85. The molecule has 2 fully saturated rings. The Bertz CT molecular complexity index is 215. The standard InChI is InChI=1S/C14H24O/c1-11(12-7-3-2-4-8-12)13-9-5-6-10-14(13)15/h12-15H,1-10H2. The van der Waals surface area contributed by atoms with Crippen LogP contribution in [0.1, 0.15) is 57.8 Å². The molecule has 0 saturated heterocycles. The summed E-state index contributed by atoms with van der Waals surface area (Å²) in [5.41, 5.74) is 1.38. The summed E-state index contributed by atoms with van der Waals surface area (Å²) < 4.78 is 0. The van der Waals surface area contributed by atoms with Gasteiger partial charge in [0.1, 0.15) is 0 Å². The summed E-state index contributed by atoms with van der Waals surface area (Å²) in [7, 11) is 0. The van der Waals surface area contributed by atoms with E-state index < -0.39 is 0 Å². The highest BCUT2D eigenvalue weighted by atomic mass is 16.3. The van der Waals surface area contributed by atoms with Crippen LogP contribution in [0, 0.1) is 11.8 Å². The van der Waals surface area contributed by atoms with Crippen molar-refractivity contribution >= 4 is 0 Å². The van der Waals surface area contributed by atoms with E-state index in [1.165, 1.54) is 56.9 Å². The second-order valence-electron chi connectivity index (χ2n) is 5.37. The topological polar surface area (TPSA) is 20.2 Å². The zero-order valence-corrected chi connectivity index (χ0v) is 9.75. The van der Waals surface area contributed by atoms with Crippen molar-refractivity contribution in [3.63, 3.8) is 0 Å². The molecule has 0 bridgehead atoms. The summed E-state index contributed by atoms with van der Waals surface area (Å²) in [5, 5.41) is 10.0. The highest BCUT2D eigenvalue weighted by molar-refractivity contribution is 5.09. The maximum absolute atomic E-state index is 10.0. The summed E-state index contributed by atoms with van der Waals surface area (Å²) in [6, 6.07) is 0. The van der Waals surface area contributed by atoms with Gasteiger partial charge in [0.05, 0.1) is 6.10 Å². The summed E-state index contributed by atoms with van der Waals surface area (Å²) >= 11 is 0. The van der Waals surface area contributed by atoms with Crippen molar-refractivity contribution in [2.45, 2.75) is 63.9 Å². The molecule has 0 heterocycles. The second kappa shape index (κ2) is 5.16. The molecular weight excluding hydrogens is 184 g/mol. The third kappa shape index (κ3) is 2.63. The summed E-state index contributed by atoms with van der Waals surface area (Å²) in [6.07, 6.45) is 11.4. The first-order valence-electron chi connectivity index (χ1n) is 6.66. The van der Waals surface area contributed by atoms with Crippen molar-refractivity contribution in [2.75, 3.05) is 0 Å². The van der Waals surface area contributed by atoms with Crippen molar-refractivity contribution in [1.82, 2.24) is 0 Å². The first-order valence-corrected chi connectivity index (χ1v) is 6.66. The number of hydrogen-bond donors (Lipinski definition) is 1. The molecule has 0 radical (unpaired) electrons. The highest BCUT2D eigenvalue weighted by Crippen LogP contribution is 2.38. The molecule has 2 aliphatic rings. The Balaban J connectivity index is 1.92. The average molecular weight is 208 g/mol. The Hall–Kier alpha value is -0.300. The van der Waals surface area contributed by atoms with Crippen LogP contribution in [0.5, 0.6) is 0 Å². The molecule has 0 amide bonds. The van der Waals surface area contributed by atoms with Crippen LogP contribution < -0.4 is 0 Å². The lowest BCUT2D eigenvalue weighted by atomic mass is 9.73. The van der Waals surface area contributed by atoms with E-state index in [2.05, 4.69) is 6.58 Å². The van der Waals surface area contributed by atoms with E-state index in [9.17, 15) is 5.11 Å². The molecule has 1 heteroatoms. The van der Waals surface area contributed by atoms with Gasteiger partial charge >= 0.3 is 0 Å². The van der Waals surface area contributed by atoms with E-state index in [1.54, 1.807) is 0 Å². The van der Waals surface area contributed by atoms with E-state index in [1.807, 2.05) is 0 Å². The maximum Gasteiger partial charge on any atom is 0.0605 e. The molecule has 0 aromatic rings. The smallest absolute Gasteiger partial charge is 0.0605 e. The van der Waals surface area contributed by atoms with Gasteiger partial charge in [0.25, 0.3) is 0 Å². The molecule has 2 rings (SSSR count). The Morgan fingerprint density at radius 3 is 2.13 bits per heavy atom. The SMILES string of the molecule is C=C(C1CCCCC1)C1CCCCC1O. The van der Waals surface area contributed by atoms with Crippen LogP contribution in [-0.2, 0) is 0 Å². The van der Waals surface area contributed by atoms with Gasteiger partial charge in [-0.3, -0.25) is 0 Å². The molecule has 2 saturated carbocycles. The molecule has 15 heavy (non-hydrogen) atoms. The molecule has 0 aromatic heterocycles. The van der Waals surface area contributed by atoms with Crippen molar-refractivity contribution in [3.05, 3.63) is 12.2 Å². The van der Waals surface area contributed by atoms with Crippen LogP contribution >= 0.6 is 0 Å². The van der Waals surface area contributed by atoms with Crippen molar-refractivity contribution < 1.29 is 5.11 Å². The number of rotatable bonds is 2. The van der Waals surface area contributed by atoms with Crippen LogP contribution in [0.25, 0.3) is 0 Å². The monoisotopic (exact) mass is 208 g/mol. The number of aliphatic hydroxyl groups is 1. The van der Waals surface area contributed by atoms with Crippen LogP contribution in [0.4, 0.5) is 0 Å². The first-order chi connectivity index (χ1) is 7.29. The first kappa shape index (κ1) is 11.2. The normalized spacial score (nSPS) is 33.9. The van der Waals surface area contributed by atoms with Gasteiger partial charge in [0, 0.05) is 5.92 Å². The molecule has 2 unspecified atom stereocenters. The molecule has 0 aliphatic heterocycles. The second-order valence-corrected chi connectivity index (χ2v) is 5.37. The van der Waals surface area contributed by atoms with Crippen LogP contribution in [0.3, 0.4) is 0 Å². The van der Waals surface area contributed by atoms with Gasteiger partial charge in [0.2, 0.25) is 0 Å². The van der Waals surface area contributed by atoms with Gasteiger partial charge in [-0.25, -0.2) is 0 Å². The van der Waals surface area contributed by atoms with E-state index in [-0.39, 0.29) is 6.10 Å². The molecule has 0 spiro atoms. The van der Waals surface area contributed by atoms with Crippen molar-refractivity contribution in [1.29, 1.82) is 0 Å². The Morgan fingerprint density at radius 1 is 0.867 bits per heavy atom. The fourth-order valence-corrected chi connectivity index (χ4v) is 3.32. The predicted molar refractivity (Wildman–Crippen MR) is 63.7 cm³/mol. The van der Waals surface area contributed by atoms with Crippen LogP contribution in [0.2, 0.25) is 0 Å². The minimum Gasteiger partial charge on any atom is -0.393 e. The minimum atomic E-state index is -0.0897. The lowest BCUT2D eigenvalue weighted by Gasteiger charge is -2.34. The Morgan fingerprint density at radius 2 is 1.47 bits per heavy atom. The van der Waals surface area contributed by atoms with Crippen molar-refractivity contribution in [2.24, 2.45) is 11.8 Å². The highest BCUT2D eigenvalue weighted by Gasteiger charge is 2.29. The molecule has 0 aromatic carbocycles. The lowest BCUT2D eigenvalue weighted by molar-refractivity contribution is 0.0807. The van der Waals surface area contributed by atoms with Gasteiger partial charge in [-0.2, -0.15) is 0 Å². The predicted octanol–water partition coefficient (Wildman–Crippen LogP) is 3.67. The summed E-state index contributed by atoms with van der Waals surface area (Å²) in [5.74, 6) is 1.14. The molecule has 86 valence electrons. The molecule has 2 atom stereocenters. The number of aliphatic hydroxyl groups excluding tert-OH is 1. The molecular formula is C14H24O. The van der Waals surface area contributed by atoms with Gasteiger partial charge in [-0.05, 0) is 31.6 Å². The Labute approximate surface area is 93.6 Å². The fourth-order valence-electron chi connectivity index (χ4n) is 3.32. The third-order valence-corrected chi connectivity index (χ3v) is 4.34. The summed E-state index contributed by atoms with van der Waals surface area (Å²) in [6.45, 7) is 4.29. The van der Waals surface area contributed by atoms with Crippen LogP contribution in [-0.4, -0.2) is 11.2 Å². The van der Waals surface area contributed by atoms with E-state index in [0.717, 1.165) is 12.3 Å². The quantitative estimate of drug-likeness (QED) is 0.686. The zero-order chi connectivity index (χ0) is 10.7. The summed E-state index contributed by atoms with van der Waals surface area (Å²) in [4.78, 5) is 0. The van der Waals surface area contributed by atoms with E-state index in [4.69, 9.17) is 0 Å². The van der Waals surface area contributed by atoms with Gasteiger partial charge in [-0.15, -0.1) is 0 Å². The van der Waals surface area contributed by atoms with E-state index in [0.29, 0.717) is 5.92 Å². The molecule has 2 aliphatic carbocycles. The molecule has 1 nitrogen and oxygen atoms in total. The average Bonchev–Trinajstić information content (AvgIpc) is 2.30. The number of hydrogen-bond acceptors (Lipinski definition) is 1.